The van der Waals surface area contributed by atoms with E-state index in [9.17, 15) is 4.79 Å². The highest BCUT2D eigenvalue weighted by atomic mass is 35.5. The van der Waals surface area contributed by atoms with Gasteiger partial charge in [0, 0.05) is 22.7 Å². The van der Waals surface area contributed by atoms with Crippen LogP contribution in [0, 0.1) is 6.92 Å². The molecule has 1 aliphatic heterocycles. The fourth-order valence-corrected chi connectivity index (χ4v) is 5.39. The number of benzene rings is 1. The second-order valence-corrected chi connectivity index (χ2v) is 9.20. The summed E-state index contributed by atoms with van der Waals surface area (Å²) < 4.78 is 5.14. The molecule has 1 N–H and O–H groups in total. The van der Waals surface area contributed by atoms with Crippen LogP contribution in [-0.4, -0.2) is 40.0 Å². The number of hydrogen-bond donors (Lipinski definition) is 1. The normalized spacial score (nSPS) is 17.5. The van der Waals surface area contributed by atoms with Crippen molar-refractivity contribution in [2.45, 2.75) is 52.6 Å². The van der Waals surface area contributed by atoms with E-state index < -0.39 is 0 Å². The van der Waals surface area contributed by atoms with Gasteiger partial charge >= 0.3 is 5.97 Å². The van der Waals surface area contributed by atoms with Crippen LogP contribution in [0.1, 0.15) is 60.7 Å². The predicted molar refractivity (Wildman–Crippen MR) is 119 cm³/mol. The van der Waals surface area contributed by atoms with Gasteiger partial charge in [-0.05, 0) is 65.3 Å². The maximum Gasteiger partial charge on any atom is 0.350 e. The van der Waals surface area contributed by atoms with Crippen LogP contribution >= 0.6 is 22.9 Å². The molecule has 5 nitrogen and oxygen atoms in total. The van der Waals surface area contributed by atoms with Crippen molar-refractivity contribution in [1.82, 2.24) is 14.9 Å². The third-order valence-corrected chi connectivity index (χ3v) is 7.01. The molecule has 0 amide bonds. The second-order valence-electron chi connectivity index (χ2n) is 7.79. The van der Waals surface area contributed by atoms with Gasteiger partial charge in [-0.1, -0.05) is 11.6 Å². The van der Waals surface area contributed by atoms with Crippen molar-refractivity contribution in [1.29, 1.82) is 0 Å². The molecule has 29 heavy (non-hydrogen) atoms. The first-order valence-corrected chi connectivity index (χ1v) is 11.3. The van der Waals surface area contributed by atoms with Crippen molar-refractivity contribution < 1.29 is 9.53 Å². The van der Waals surface area contributed by atoms with Crippen molar-refractivity contribution in [3.63, 3.8) is 0 Å². The fraction of sp³-hybridized carbons (Fsp3) is 0.455. The van der Waals surface area contributed by atoms with Crippen LogP contribution in [0.15, 0.2) is 18.2 Å². The largest absolute Gasteiger partial charge is 0.462 e. The topological polar surface area (TPSA) is 58.2 Å². The zero-order valence-corrected chi connectivity index (χ0v) is 18.8. The molecule has 1 saturated heterocycles. The molecule has 0 bridgehead atoms. The van der Waals surface area contributed by atoms with Gasteiger partial charge in [-0.15, -0.1) is 11.3 Å². The average Bonchev–Trinajstić information content (AvgIpc) is 3.38. The molecule has 1 unspecified atom stereocenters. The molecule has 3 aromatic rings. The molecule has 0 spiro atoms. The maximum absolute atomic E-state index is 12.1. The van der Waals surface area contributed by atoms with E-state index >= 15 is 0 Å². The van der Waals surface area contributed by atoms with Crippen molar-refractivity contribution in [2.24, 2.45) is 0 Å². The summed E-state index contributed by atoms with van der Waals surface area (Å²) in [6.45, 7) is 9.62. The summed E-state index contributed by atoms with van der Waals surface area (Å²) in [5.41, 5.74) is 3.78. The van der Waals surface area contributed by atoms with Gasteiger partial charge in [0.25, 0.3) is 0 Å². The standard InChI is InChI=1S/C22H26ClN3O2S/c1-5-28-22(27)20-13(4)24-21(29-20)15-9-14-11-17(25-19(14)16(23)10-15)18-7-6-8-26(18)12(2)3/h9-12,18,25H,5-8H2,1-4H3. The number of rotatable bonds is 5. The molecule has 7 heteroatoms. The third kappa shape index (κ3) is 3.81. The fourth-order valence-electron chi connectivity index (χ4n) is 4.17. The number of H-pyrrole nitrogens is 1. The molecule has 154 valence electrons. The zero-order valence-electron chi connectivity index (χ0n) is 17.2. The summed E-state index contributed by atoms with van der Waals surface area (Å²) in [7, 11) is 0. The number of ether oxygens (including phenoxy) is 1. The molecule has 0 saturated carbocycles. The van der Waals surface area contributed by atoms with E-state index in [1.54, 1.807) is 6.92 Å². The van der Waals surface area contributed by atoms with Crippen LogP contribution in [0.25, 0.3) is 21.5 Å². The van der Waals surface area contributed by atoms with E-state index in [1.165, 1.54) is 23.5 Å². The van der Waals surface area contributed by atoms with E-state index in [1.807, 2.05) is 13.0 Å². The summed E-state index contributed by atoms with van der Waals surface area (Å²) >= 11 is 7.98. The number of fused-ring (bicyclic) bond motifs is 1. The minimum Gasteiger partial charge on any atom is -0.462 e. The van der Waals surface area contributed by atoms with Gasteiger partial charge in [0.05, 0.1) is 28.9 Å². The average molecular weight is 432 g/mol. The van der Waals surface area contributed by atoms with Crippen LogP contribution in [0.4, 0.5) is 0 Å². The number of likely N-dealkylation sites (tertiary alicyclic amines) is 1. The Morgan fingerprint density at radius 1 is 1.41 bits per heavy atom. The highest BCUT2D eigenvalue weighted by Gasteiger charge is 2.29. The van der Waals surface area contributed by atoms with Crippen LogP contribution < -0.4 is 0 Å². The molecule has 1 atom stereocenters. The molecule has 1 fully saturated rings. The van der Waals surface area contributed by atoms with Crippen LogP contribution in [0.3, 0.4) is 0 Å². The first-order chi connectivity index (χ1) is 13.9. The Labute approximate surface area is 180 Å². The SMILES string of the molecule is CCOC(=O)c1sc(-c2cc(Cl)c3[nH]c(C4CCCN4C(C)C)cc3c2)nc1C. The lowest BCUT2D eigenvalue weighted by molar-refractivity contribution is 0.0531. The van der Waals surface area contributed by atoms with Gasteiger partial charge in [-0.2, -0.15) is 0 Å². The van der Waals surface area contributed by atoms with Crippen LogP contribution in [0.2, 0.25) is 5.02 Å². The van der Waals surface area contributed by atoms with Crippen LogP contribution in [-0.2, 0) is 4.74 Å². The van der Waals surface area contributed by atoms with E-state index in [2.05, 4.69) is 40.8 Å². The lowest BCUT2D eigenvalue weighted by atomic mass is 10.1. The molecule has 1 aliphatic rings. The number of hydrogen-bond acceptors (Lipinski definition) is 5. The number of aromatic nitrogens is 2. The maximum atomic E-state index is 12.1. The monoisotopic (exact) mass is 431 g/mol. The molecular weight excluding hydrogens is 406 g/mol. The molecular formula is C22H26ClN3O2S. The quantitative estimate of drug-likeness (QED) is 0.505. The molecule has 2 aromatic heterocycles. The Bertz CT molecular complexity index is 1060. The number of nitrogens with one attached hydrogen (secondary N) is 1. The molecule has 0 aliphatic carbocycles. The Kier molecular flexibility index (Phi) is 5.69. The summed E-state index contributed by atoms with van der Waals surface area (Å²) in [5.74, 6) is -0.320. The van der Waals surface area contributed by atoms with Crippen molar-refractivity contribution >= 4 is 39.8 Å². The smallest absolute Gasteiger partial charge is 0.350 e. The van der Waals surface area contributed by atoms with Crippen molar-refractivity contribution in [3.05, 3.63) is 39.5 Å². The van der Waals surface area contributed by atoms with Gasteiger partial charge in [-0.3, -0.25) is 4.90 Å². The van der Waals surface area contributed by atoms with Gasteiger partial charge in [0.2, 0.25) is 0 Å². The summed E-state index contributed by atoms with van der Waals surface area (Å²) in [4.78, 5) is 23.4. The Morgan fingerprint density at radius 3 is 2.93 bits per heavy atom. The molecule has 3 heterocycles. The minimum atomic E-state index is -0.320. The van der Waals surface area contributed by atoms with Crippen molar-refractivity contribution in [2.75, 3.05) is 13.2 Å². The number of aryl methyl sites for hydroxylation is 1. The number of carbonyl (C=O) groups is 1. The lowest BCUT2D eigenvalue weighted by Gasteiger charge is -2.27. The Balaban J connectivity index is 1.71. The molecule has 1 aromatic carbocycles. The Hall–Kier alpha value is -1.89. The second kappa shape index (κ2) is 8.09. The number of aromatic amines is 1. The molecule has 0 radical (unpaired) electrons. The number of nitrogens with zero attached hydrogens (tertiary/aromatic N) is 2. The highest BCUT2D eigenvalue weighted by molar-refractivity contribution is 7.17. The van der Waals surface area contributed by atoms with Gasteiger partial charge < -0.3 is 9.72 Å². The number of halogens is 1. The van der Waals surface area contributed by atoms with E-state index in [0.29, 0.717) is 34.3 Å². The number of esters is 1. The zero-order chi connectivity index (χ0) is 20.7. The predicted octanol–water partition coefficient (Wildman–Crippen LogP) is 5.98. The summed E-state index contributed by atoms with van der Waals surface area (Å²) in [5, 5.41) is 2.52. The van der Waals surface area contributed by atoms with Crippen LogP contribution in [0.5, 0.6) is 0 Å². The van der Waals surface area contributed by atoms with Gasteiger partial charge in [0.1, 0.15) is 9.88 Å². The number of thiazole rings is 1. The summed E-state index contributed by atoms with van der Waals surface area (Å²) in [6.07, 6.45) is 2.37. The first kappa shape index (κ1) is 20.4. The van der Waals surface area contributed by atoms with Crippen molar-refractivity contribution in [3.8, 4) is 10.6 Å². The van der Waals surface area contributed by atoms with E-state index in [-0.39, 0.29) is 5.97 Å². The van der Waals surface area contributed by atoms with Gasteiger partial charge in [0.15, 0.2) is 0 Å². The first-order valence-electron chi connectivity index (χ1n) is 10.1. The van der Waals surface area contributed by atoms with Gasteiger partial charge in [-0.25, -0.2) is 9.78 Å². The molecule has 4 rings (SSSR count). The minimum absolute atomic E-state index is 0.320. The summed E-state index contributed by atoms with van der Waals surface area (Å²) in [6, 6.07) is 7.15. The van der Waals surface area contributed by atoms with E-state index in [4.69, 9.17) is 16.3 Å². The van der Waals surface area contributed by atoms with E-state index in [0.717, 1.165) is 34.4 Å². The number of carbonyl (C=O) groups excluding carboxylic acids is 1. The Morgan fingerprint density at radius 2 is 2.21 bits per heavy atom. The highest BCUT2D eigenvalue weighted by Crippen LogP contribution is 2.38. The third-order valence-electron chi connectivity index (χ3n) is 5.52. The lowest BCUT2D eigenvalue weighted by Crippen LogP contribution is -2.30.